The van der Waals surface area contributed by atoms with Crippen LogP contribution < -0.4 is 37.2 Å². The van der Waals surface area contributed by atoms with E-state index in [9.17, 15) is 24.0 Å². The van der Waals surface area contributed by atoms with E-state index in [1.54, 1.807) is 13.8 Å². The summed E-state index contributed by atoms with van der Waals surface area (Å²) in [5.74, 6) is 1.80. The van der Waals surface area contributed by atoms with Gasteiger partial charge in [0.1, 0.15) is 38.1 Å². The van der Waals surface area contributed by atoms with Gasteiger partial charge < -0.3 is 39.1 Å². The highest BCUT2D eigenvalue weighted by Gasteiger charge is 2.26. The molecule has 4 aromatic carbocycles. The molecule has 75 heavy (non-hydrogen) atoms. The number of aromatic nitrogens is 3. The van der Waals surface area contributed by atoms with Crippen molar-refractivity contribution < 1.29 is 38.0 Å². The van der Waals surface area contributed by atoms with Gasteiger partial charge in [-0.3, -0.25) is 0 Å². The number of hydrogen-bond donors (Lipinski definition) is 2. The lowest BCUT2D eigenvalue weighted by Gasteiger charge is -2.27. The largest absolute Gasteiger partial charge is 0.490 e. The first-order valence-corrected chi connectivity index (χ1v) is 26.1. The lowest BCUT2D eigenvalue weighted by Crippen LogP contribution is -2.57. The van der Waals surface area contributed by atoms with E-state index in [0.717, 1.165) is 15.7 Å². The number of nitrogens with zero attached hydrogens (tertiary/aromatic N) is 3. The summed E-state index contributed by atoms with van der Waals surface area (Å²) in [5.41, 5.74) is 3.57. The Labute approximate surface area is 442 Å². The van der Waals surface area contributed by atoms with Crippen LogP contribution >= 0.6 is 0 Å². The third kappa shape index (κ3) is 16.7. The van der Waals surface area contributed by atoms with E-state index in [-0.39, 0.29) is 61.9 Å². The van der Waals surface area contributed by atoms with Gasteiger partial charge in [0, 0.05) is 17.4 Å². The maximum atomic E-state index is 13.8. The fraction of sp³-hybridized carbons (Fsp3) is 0.508. The van der Waals surface area contributed by atoms with Gasteiger partial charge in [-0.25, -0.2) is 37.7 Å². The molecule has 5 rings (SSSR count). The second-order valence-corrected chi connectivity index (χ2v) is 21.7. The van der Waals surface area contributed by atoms with Gasteiger partial charge in [0.2, 0.25) is 0 Å². The van der Waals surface area contributed by atoms with Crippen LogP contribution in [-0.2, 0) is 49.7 Å². The van der Waals surface area contributed by atoms with Gasteiger partial charge in [-0.2, -0.15) is 0 Å². The highest BCUT2D eigenvalue weighted by molar-refractivity contribution is 5.67. The molecule has 0 aliphatic heterocycles. The van der Waals surface area contributed by atoms with Gasteiger partial charge in [-0.1, -0.05) is 142 Å². The van der Waals surface area contributed by atoms with Crippen molar-refractivity contribution >= 4 is 12.2 Å². The molecule has 408 valence electrons. The Morgan fingerprint density at radius 1 is 0.453 bits per heavy atom. The zero-order valence-corrected chi connectivity index (χ0v) is 46.6. The van der Waals surface area contributed by atoms with Crippen molar-refractivity contribution in [3.05, 3.63) is 162 Å². The fourth-order valence-corrected chi connectivity index (χ4v) is 8.20. The maximum absolute atomic E-state index is 13.8. The van der Waals surface area contributed by atoms with E-state index in [1.165, 1.54) is 22.3 Å². The first-order chi connectivity index (χ1) is 35.4. The number of nitrogens with one attached hydrogen (secondary N) is 2. The SMILES string of the molecule is CC(C)Cn1c(=O)n(CNC(=O)OC(COc2ccc(C(C)(C)c3ccc(C(C)C)cc3)cc2)COC(C)C)c(=O)n(CNC(=O)OC(COc2ccc(C(C)(C)c3ccc(C(C)C)cc3)cc2)COC(C)C)c1=O. The molecule has 0 bridgehead atoms. The Balaban J connectivity index is 1.23. The van der Waals surface area contributed by atoms with Gasteiger partial charge in [0.05, 0.1) is 25.4 Å². The summed E-state index contributed by atoms with van der Waals surface area (Å²) in [6, 6.07) is 32.8. The second kappa shape index (κ2) is 26.7. The molecule has 0 spiro atoms. The number of benzene rings is 4. The van der Waals surface area contributed by atoms with Gasteiger partial charge in [-0.15, -0.1) is 0 Å². The van der Waals surface area contributed by atoms with E-state index >= 15 is 0 Å². The molecule has 0 fully saturated rings. The number of carbonyl (C=O) groups is 2. The van der Waals surface area contributed by atoms with Crippen LogP contribution in [0.25, 0.3) is 0 Å². The van der Waals surface area contributed by atoms with Crippen LogP contribution in [0.5, 0.6) is 11.5 Å². The van der Waals surface area contributed by atoms with Crippen molar-refractivity contribution in [1.29, 1.82) is 0 Å². The minimum absolute atomic E-state index is 0.00683. The van der Waals surface area contributed by atoms with Gasteiger partial charge >= 0.3 is 29.3 Å². The number of alkyl carbamates (subject to hydrolysis) is 2. The van der Waals surface area contributed by atoms with Crippen molar-refractivity contribution in [3.8, 4) is 11.5 Å². The van der Waals surface area contributed by atoms with Crippen molar-refractivity contribution in [1.82, 2.24) is 24.3 Å². The number of ether oxygens (including phenoxy) is 6. The predicted octanol–water partition coefficient (Wildman–Crippen LogP) is 9.84. The average Bonchev–Trinajstić information content (AvgIpc) is 3.36. The monoisotopic (exact) mass is 1040 g/mol. The molecular formula is C59H81N5O11. The second-order valence-electron chi connectivity index (χ2n) is 21.7. The summed E-state index contributed by atoms with van der Waals surface area (Å²) in [5, 5.41) is 4.92. The summed E-state index contributed by atoms with van der Waals surface area (Å²) in [6.07, 6.45) is -4.10. The Morgan fingerprint density at radius 2 is 0.760 bits per heavy atom. The Bertz CT molecular complexity index is 2610. The van der Waals surface area contributed by atoms with Crippen LogP contribution in [0.2, 0.25) is 0 Å². The minimum atomic E-state index is -1.09. The summed E-state index contributed by atoms with van der Waals surface area (Å²) in [6.45, 7) is 26.8. The van der Waals surface area contributed by atoms with Crippen LogP contribution in [0.3, 0.4) is 0 Å². The van der Waals surface area contributed by atoms with E-state index in [4.69, 9.17) is 28.4 Å². The predicted molar refractivity (Wildman–Crippen MR) is 292 cm³/mol. The summed E-state index contributed by atoms with van der Waals surface area (Å²) < 4.78 is 37.3. The van der Waals surface area contributed by atoms with Crippen LogP contribution in [0.4, 0.5) is 9.59 Å². The van der Waals surface area contributed by atoms with Gasteiger partial charge in [0.15, 0.2) is 12.2 Å². The zero-order chi connectivity index (χ0) is 55.2. The van der Waals surface area contributed by atoms with E-state index in [2.05, 4.69) is 115 Å². The fourth-order valence-electron chi connectivity index (χ4n) is 8.20. The van der Waals surface area contributed by atoms with Gasteiger partial charge in [0.25, 0.3) is 0 Å². The van der Waals surface area contributed by atoms with E-state index in [1.807, 2.05) is 76.2 Å². The van der Waals surface area contributed by atoms with Crippen LogP contribution in [0.15, 0.2) is 111 Å². The smallest absolute Gasteiger partial charge is 0.409 e. The lowest BCUT2D eigenvalue weighted by atomic mass is 9.77. The molecule has 0 aliphatic carbocycles. The molecule has 16 nitrogen and oxygen atoms in total. The van der Waals surface area contributed by atoms with Crippen LogP contribution in [0.1, 0.15) is 142 Å². The molecule has 0 aliphatic rings. The number of amides is 2. The van der Waals surface area contributed by atoms with Crippen molar-refractivity contribution in [2.45, 2.75) is 164 Å². The Hall–Kier alpha value is -6.65. The molecule has 1 aromatic heterocycles. The molecule has 2 atom stereocenters. The lowest BCUT2D eigenvalue weighted by molar-refractivity contribution is -0.0222. The molecule has 0 radical (unpaired) electrons. The molecule has 1 heterocycles. The third-order valence-electron chi connectivity index (χ3n) is 13.1. The number of hydrogen-bond acceptors (Lipinski definition) is 11. The molecule has 16 heteroatoms. The Kier molecular flexibility index (Phi) is 21.1. The molecule has 0 saturated carbocycles. The number of rotatable bonds is 26. The average molecular weight is 1040 g/mol. The van der Waals surface area contributed by atoms with E-state index < -0.39 is 54.8 Å². The molecule has 2 unspecified atom stereocenters. The summed E-state index contributed by atoms with van der Waals surface area (Å²) in [4.78, 5) is 67.9. The third-order valence-corrected chi connectivity index (χ3v) is 13.1. The topological polar surface area (TPSA) is 180 Å². The summed E-state index contributed by atoms with van der Waals surface area (Å²) >= 11 is 0. The minimum Gasteiger partial charge on any atom is -0.490 e. The molecular weight excluding hydrogens is 955 g/mol. The maximum Gasteiger partial charge on any atom is 0.409 e. The van der Waals surface area contributed by atoms with E-state index in [0.29, 0.717) is 32.5 Å². The molecule has 5 aromatic rings. The number of carbonyl (C=O) groups excluding carboxylic acids is 2. The van der Waals surface area contributed by atoms with Crippen LogP contribution in [-0.4, -0.2) is 76.7 Å². The molecule has 2 amide bonds. The standard InChI is InChI=1S/C59H81N5O11/c1-38(2)31-62-55(67)63(36-60-53(65)74-51(32-70-41(7)8)34-72-49-27-23-47(24-28-49)58(11,12)45-19-15-43(16-20-45)39(3)4)57(69)64(56(62)68)37-61-54(66)75-52(33-71-42(9)10)35-73-50-29-25-48(26-30-50)59(13,14)46-21-17-44(18-22-46)40(5)6/h15-30,38-42,51-52H,31-37H2,1-14H3,(H,60,65)(H,61,66). The Morgan fingerprint density at radius 3 is 1.05 bits per heavy atom. The van der Waals surface area contributed by atoms with Crippen molar-refractivity contribution in [2.24, 2.45) is 5.92 Å². The molecule has 2 N–H and O–H groups in total. The van der Waals surface area contributed by atoms with Crippen molar-refractivity contribution in [2.75, 3.05) is 26.4 Å². The summed E-state index contributed by atoms with van der Waals surface area (Å²) in [7, 11) is 0. The highest BCUT2D eigenvalue weighted by atomic mass is 16.6. The molecule has 0 saturated heterocycles. The zero-order valence-electron chi connectivity index (χ0n) is 46.6. The van der Waals surface area contributed by atoms with Gasteiger partial charge in [-0.05, 0) is 103 Å². The highest BCUT2D eigenvalue weighted by Crippen LogP contribution is 2.35. The van der Waals surface area contributed by atoms with Crippen LogP contribution in [0, 0.1) is 5.92 Å². The first-order valence-electron chi connectivity index (χ1n) is 26.1. The van der Waals surface area contributed by atoms with Crippen molar-refractivity contribution in [3.63, 3.8) is 0 Å². The quantitative estimate of drug-likeness (QED) is 0.0539. The first kappa shape index (κ1) is 59.2. The normalized spacial score (nSPS) is 12.8.